The summed E-state index contributed by atoms with van der Waals surface area (Å²) >= 11 is 0. The third-order valence-corrected chi connectivity index (χ3v) is 16.9. The highest BCUT2D eigenvalue weighted by molar-refractivity contribution is 6.74. The number of nitrogens with one attached hydrogen (secondary N) is 3. The number of amides is 3. The molecule has 3 aromatic carbocycles. The van der Waals surface area contributed by atoms with E-state index in [2.05, 4.69) is 54.8 Å². The molecule has 6 rings (SSSR count). The van der Waals surface area contributed by atoms with Crippen molar-refractivity contribution in [3.05, 3.63) is 101 Å². The molecule has 2 atom stereocenters. The van der Waals surface area contributed by atoms with Crippen LogP contribution in [0.5, 0.6) is 11.5 Å². The van der Waals surface area contributed by atoms with Crippen LogP contribution in [-0.4, -0.2) is 78.2 Å². The summed E-state index contributed by atoms with van der Waals surface area (Å²) in [6.07, 6.45) is 5.96. The molecule has 2 heterocycles. The van der Waals surface area contributed by atoms with E-state index in [1.165, 1.54) is 4.90 Å². The molecule has 15 heteroatoms. The van der Waals surface area contributed by atoms with Crippen LogP contribution < -0.4 is 20.7 Å². The monoisotopic (exact) mass is 897 g/mol. The predicted octanol–water partition coefficient (Wildman–Crippen LogP) is 9.19. The summed E-state index contributed by atoms with van der Waals surface area (Å²) in [6.45, 7) is 17.4. The molecule has 1 fully saturated rings. The van der Waals surface area contributed by atoms with Gasteiger partial charge in [-0.05, 0) is 87.1 Å². The van der Waals surface area contributed by atoms with E-state index in [0.717, 1.165) is 48.8 Å². The number of aliphatic hydroxyl groups is 1. The van der Waals surface area contributed by atoms with Gasteiger partial charge in [0.15, 0.2) is 26.3 Å². The summed E-state index contributed by atoms with van der Waals surface area (Å²) in [6, 6.07) is 20.4. The molecule has 0 spiro atoms. The highest BCUT2D eigenvalue weighted by atomic mass is 28.4. The van der Waals surface area contributed by atoms with Crippen LogP contribution in [0.2, 0.25) is 18.1 Å². The van der Waals surface area contributed by atoms with E-state index in [4.69, 9.17) is 18.3 Å². The molecule has 0 bridgehead atoms. The molecular formula is C49H67N5O9Si. The molecule has 3 amide bonds. The van der Waals surface area contributed by atoms with Gasteiger partial charge in [-0.3, -0.25) is 9.59 Å². The Balaban J connectivity index is 1.06. The van der Waals surface area contributed by atoms with Crippen LogP contribution in [-0.2, 0) is 37.3 Å². The van der Waals surface area contributed by atoms with Gasteiger partial charge < -0.3 is 49.4 Å². The number of phenols is 1. The Bertz CT molecular complexity index is 2210. The zero-order valence-corrected chi connectivity index (χ0v) is 39.7. The van der Waals surface area contributed by atoms with E-state index in [1.54, 1.807) is 39.1 Å². The van der Waals surface area contributed by atoms with Gasteiger partial charge in [0.2, 0.25) is 11.8 Å². The van der Waals surface area contributed by atoms with Crippen molar-refractivity contribution in [2.24, 2.45) is 5.92 Å². The van der Waals surface area contributed by atoms with Crippen LogP contribution in [0.4, 0.5) is 16.2 Å². The lowest BCUT2D eigenvalue weighted by atomic mass is 9.73. The lowest BCUT2D eigenvalue weighted by molar-refractivity contribution is -0.119. The Kier molecular flexibility index (Phi) is 15.3. The van der Waals surface area contributed by atoms with Gasteiger partial charge in [0, 0.05) is 56.2 Å². The zero-order valence-electron chi connectivity index (χ0n) is 38.7. The molecule has 1 unspecified atom stereocenters. The standard InChI is InChI=1S/C49H67N5O9Si/c1-47(2,3)62-46(58)54(27-25-37-30-51-45(61-37)49(59,34-15-11-9-12-16-34)35-17-13-10-14-18-35)28-26-41(56)52-36-21-19-33(20-22-36)29-50-31-40(63-64(7,8)48(4,5)6)38-23-24-39(55)43-44(38)60-32-42(57)53-43/h9,11-12,15-16,19-24,30,35,40,50,55,59H,10,13-14,17-18,25-29,31-32H2,1-8H3,(H,52,56)(H,53,57)/t40?,49-/m0/s1. The number of oxazole rings is 1. The topological polar surface area (TPSA) is 185 Å². The predicted molar refractivity (Wildman–Crippen MR) is 249 cm³/mol. The minimum absolute atomic E-state index is 0.0302. The van der Waals surface area contributed by atoms with E-state index < -0.39 is 31.7 Å². The normalized spacial score (nSPS) is 16.2. The number of rotatable bonds is 17. The molecule has 1 aromatic heterocycles. The number of aromatic hydroxyl groups is 1. The van der Waals surface area contributed by atoms with Crippen molar-refractivity contribution in [2.75, 3.05) is 36.9 Å². The van der Waals surface area contributed by atoms with Crippen molar-refractivity contribution in [3.8, 4) is 11.5 Å². The minimum atomic E-state index is -2.28. The quantitative estimate of drug-likeness (QED) is 0.0503. The average Bonchev–Trinajstić information content (AvgIpc) is 3.73. The molecule has 2 aliphatic rings. The van der Waals surface area contributed by atoms with Crippen LogP contribution >= 0.6 is 0 Å². The van der Waals surface area contributed by atoms with Gasteiger partial charge in [0.05, 0.1) is 12.3 Å². The van der Waals surface area contributed by atoms with Crippen molar-refractivity contribution in [2.45, 2.75) is 128 Å². The van der Waals surface area contributed by atoms with Gasteiger partial charge >= 0.3 is 6.09 Å². The molecule has 4 aromatic rings. The maximum absolute atomic E-state index is 13.4. The first-order valence-corrected chi connectivity index (χ1v) is 25.4. The van der Waals surface area contributed by atoms with Crippen LogP contribution in [0.1, 0.15) is 115 Å². The molecule has 1 aliphatic heterocycles. The molecule has 0 saturated heterocycles. The molecular weight excluding hydrogens is 831 g/mol. The van der Waals surface area contributed by atoms with Gasteiger partial charge in [-0.1, -0.05) is 82.5 Å². The third-order valence-electron chi connectivity index (χ3n) is 12.4. The summed E-state index contributed by atoms with van der Waals surface area (Å²) in [5.74, 6) is 0.490. The van der Waals surface area contributed by atoms with E-state index in [0.29, 0.717) is 36.7 Å². The zero-order chi connectivity index (χ0) is 46.3. The number of nitrogens with zero attached hydrogens (tertiary/aromatic N) is 2. The van der Waals surface area contributed by atoms with Gasteiger partial charge in [-0.25, -0.2) is 9.78 Å². The Labute approximate surface area is 378 Å². The number of fused-ring (bicyclic) bond motifs is 1. The summed E-state index contributed by atoms with van der Waals surface area (Å²) in [5.41, 5.74) is 1.22. The number of hydrogen-bond donors (Lipinski definition) is 5. The number of phenolic OH excluding ortho intramolecular Hbond substituents is 1. The van der Waals surface area contributed by atoms with Crippen LogP contribution in [0.25, 0.3) is 0 Å². The smallest absolute Gasteiger partial charge is 0.410 e. The van der Waals surface area contributed by atoms with E-state index in [9.17, 15) is 24.6 Å². The van der Waals surface area contributed by atoms with E-state index in [1.807, 2.05) is 54.6 Å². The number of carbonyl (C=O) groups is 3. The number of carbonyl (C=O) groups excluding carboxylic acids is 3. The fraction of sp³-hybridized carbons (Fsp3) is 0.510. The first kappa shape index (κ1) is 48.2. The number of benzene rings is 3. The fourth-order valence-electron chi connectivity index (χ4n) is 7.90. The van der Waals surface area contributed by atoms with Gasteiger partial charge in [-0.2, -0.15) is 0 Å². The minimum Gasteiger partial charge on any atom is -0.506 e. The second-order valence-electron chi connectivity index (χ2n) is 19.5. The van der Waals surface area contributed by atoms with Crippen molar-refractivity contribution in [1.29, 1.82) is 0 Å². The number of aromatic nitrogens is 1. The Morgan fingerprint density at radius 3 is 2.34 bits per heavy atom. The van der Waals surface area contributed by atoms with E-state index >= 15 is 0 Å². The molecule has 1 saturated carbocycles. The second kappa shape index (κ2) is 20.3. The van der Waals surface area contributed by atoms with Crippen molar-refractivity contribution in [3.63, 3.8) is 0 Å². The van der Waals surface area contributed by atoms with E-state index in [-0.39, 0.29) is 66.2 Å². The fourth-order valence-corrected chi connectivity index (χ4v) is 9.18. The second-order valence-corrected chi connectivity index (χ2v) is 24.3. The van der Waals surface area contributed by atoms with Crippen LogP contribution in [0.15, 0.2) is 77.3 Å². The van der Waals surface area contributed by atoms with Gasteiger partial charge in [-0.15, -0.1) is 0 Å². The highest BCUT2D eigenvalue weighted by Gasteiger charge is 2.45. The molecule has 1 aliphatic carbocycles. The lowest BCUT2D eigenvalue weighted by Crippen LogP contribution is -2.43. The number of ether oxygens (including phenoxy) is 2. The first-order chi connectivity index (χ1) is 30.2. The molecule has 14 nitrogen and oxygen atoms in total. The highest BCUT2D eigenvalue weighted by Crippen LogP contribution is 2.46. The summed E-state index contributed by atoms with van der Waals surface area (Å²) in [4.78, 5) is 44.8. The Hall–Kier alpha value is -5.22. The maximum atomic E-state index is 13.4. The van der Waals surface area contributed by atoms with Crippen molar-refractivity contribution >= 4 is 37.6 Å². The van der Waals surface area contributed by atoms with Gasteiger partial charge in [0.1, 0.15) is 22.8 Å². The van der Waals surface area contributed by atoms with Crippen molar-refractivity contribution < 1.29 is 42.9 Å². The third kappa shape index (κ3) is 12.1. The first-order valence-electron chi connectivity index (χ1n) is 22.5. The number of anilines is 2. The molecule has 64 heavy (non-hydrogen) atoms. The van der Waals surface area contributed by atoms with Crippen LogP contribution in [0.3, 0.4) is 0 Å². The lowest BCUT2D eigenvalue weighted by Gasteiger charge is -2.40. The van der Waals surface area contributed by atoms with Crippen LogP contribution in [0, 0.1) is 5.92 Å². The Morgan fingerprint density at radius 2 is 1.67 bits per heavy atom. The van der Waals surface area contributed by atoms with Crippen molar-refractivity contribution in [1.82, 2.24) is 15.2 Å². The Morgan fingerprint density at radius 1 is 0.969 bits per heavy atom. The average molecular weight is 898 g/mol. The SMILES string of the molecule is CC(C)(C)OC(=O)N(CCC(=O)Nc1ccc(CNCC(O[Si](C)(C)C(C)(C)C)c2ccc(O)c3c2OCC(=O)N3)cc1)CCc1cnc([C@](O)(c2ccccc2)C2CCCCC2)o1. The summed E-state index contributed by atoms with van der Waals surface area (Å²) in [5, 5.41) is 31.9. The molecule has 346 valence electrons. The largest absolute Gasteiger partial charge is 0.506 e. The summed E-state index contributed by atoms with van der Waals surface area (Å²) < 4.78 is 24.7. The maximum Gasteiger partial charge on any atom is 0.410 e. The number of hydrogen-bond acceptors (Lipinski definition) is 11. The summed E-state index contributed by atoms with van der Waals surface area (Å²) in [7, 11) is -2.28. The molecule has 0 radical (unpaired) electrons. The molecule has 5 N–H and O–H groups in total. The van der Waals surface area contributed by atoms with Gasteiger partial charge in [0.25, 0.3) is 5.91 Å².